The summed E-state index contributed by atoms with van der Waals surface area (Å²) in [5, 5.41) is 2.78. The van der Waals surface area contributed by atoms with Crippen molar-refractivity contribution in [3.8, 4) is 0 Å². The quantitative estimate of drug-likeness (QED) is 0.790. The molecule has 0 unspecified atom stereocenters. The molecule has 5 nitrogen and oxygen atoms in total. The zero-order valence-electron chi connectivity index (χ0n) is 10.1. The first-order valence-electron chi connectivity index (χ1n) is 5.56. The maximum absolute atomic E-state index is 11.6. The molecule has 0 saturated heterocycles. The van der Waals surface area contributed by atoms with E-state index in [1.54, 1.807) is 17.0 Å². The van der Waals surface area contributed by atoms with E-state index in [1.165, 1.54) is 4.57 Å². The molecule has 1 N–H and O–H groups in total. The summed E-state index contributed by atoms with van der Waals surface area (Å²) in [7, 11) is 0. The molecule has 0 spiro atoms. The van der Waals surface area contributed by atoms with Gasteiger partial charge in [0, 0.05) is 25.5 Å². The van der Waals surface area contributed by atoms with Crippen LogP contribution in [0.1, 0.15) is 20.8 Å². The van der Waals surface area contributed by atoms with Crippen LogP contribution in [0.15, 0.2) is 17.2 Å². The topological polar surface area (TPSA) is 56.0 Å². The van der Waals surface area contributed by atoms with Crippen LogP contribution in [-0.2, 0) is 17.9 Å². The summed E-state index contributed by atoms with van der Waals surface area (Å²) < 4.78 is 2.98. The number of imidazole rings is 1. The number of amides is 1. The van der Waals surface area contributed by atoms with Crippen molar-refractivity contribution in [3.63, 3.8) is 0 Å². The number of hydrogen-bond donors (Lipinski definition) is 1. The molecule has 0 radical (unpaired) electrons. The monoisotopic (exact) mass is 225 g/mol. The van der Waals surface area contributed by atoms with Crippen molar-refractivity contribution in [2.24, 2.45) is 5.92 Å². The third-order valence-electron chi connectivity index (χ3n) is 2.28. The highest BCUT2D eigenvalue weighted by Gasteiger charge is 2.07. The molecule has 1 heterocycles. The van der Waals surface area contributed by atoms with Gasteiger partial charge >= 0.3 is 5.69 Å². The molecule has 1 rings (SSSR count). The van der Waals surface area contributed by atoms with E-state index >= 15 is 0 Å². The Kier molecular flexibility index (Phi) is 4.34. The normalized spacial score (nSPS) is 10.8. The Balaban J connectivity index is 2.56. The van der Waals surface area contributed by atoms with Crippen molar-refractivity contribution < 1.29 is 4.79 Å². The van der Waals surface area contributed by atoms with Crippen LogP contribution in [0.3, 0.4) is 0 Å². The number of nitrogens with zero attached hydrogens (tertiary/aromatic N) is 2. The molecule has 1 amide bonds. The van der Waals surface area contributed by atoms with Gasteiger partial charge in [-0.3, -0.25) is 13.9 Å². The van der Waals surface area contributed by atoms with Gasteiger partial charge in [0.05, 0.1) is 0 Å². The van der Waals surface area contributed by atoms with E-state index in [4.69, 9.17) is 0 Å². The third-order valence-corrected chi connectivity index (χ3v) is 2.28. The standard InChI is InChI=1S/C11H19N3O2/c1-4-13-5-6-14(11(13)16)8-10(15)12-7-9(2)3/h5-6,9H,4,7-8H2,1-3H3,(H,12,15). The molecule has 0 aromatic carbocycles. The van der Waals surface area contributed by atoms with Crippen LogP contribution in [0.25, 0.3) is 0 Å². The Morgan fingerprint density at radius 1 is 1.38 bits per heavy atom. The Hall–Kier alpha value is -1.52. The molecule has 0 aliphatic rings. The second-order valence-corrected chi connectivity index (χ2v) is 4.19. The fourth-order valence-corrected chi connectivity index (χ4v) is 1.34. The van der Waals surface area contributed by atoms with Crippen molar-refractivity contribution in [2.75, 3.05) is 6.54 Å². The van der Waals surface area contributed by atoms with Gasteiger partial charge in [-0.25, -0.2) is 4.79 Å². The molecular weight excluding hydrogens is 206 g/mol. The van der Waals surface area contributed by atoms with Gasteiger partial charge in [-0.05, 0) is 12.8 Å². The van der Waals surface area contributed by atoms with E-state index in [0.29, 0.717) is 19.0 Å². The van der Waals surface area contributed by atoms with E-state index < -0.39 is 0 Å². The highest BCUT2D eigenvalue weighted by Crippen LogP contribution is 1.89. The lowest BCUT2D eigenvalue weighted by molar-refractivity contribution is -0.121. The predicted octanol–water partition coefficient (Wildman–Crippen LogP) is 0.442. The molecule has 0 atom stereocenters. The first-order valence-corrected chi connectivity index (χ1v) is 5.56. The number of carbonyl (C=O) groups excluding carboxylic acids is 1. The Morgan fingerprint density at radius 3 is 2.50 bits per heavy atom. The second-order valence-electron chi connectivity index (χ2n) is 4.19. The van der Waals surface area contributed by atoms with Crippen LogP contribution in [-0.4, -0.2) is 21.6 Å². The summed E-state index contributed by atoms with van der Waals surface area (Å²) >= 11 is 0. The molecule has 1 aromatic rings. The highest BCUT2D eigenvalue weighted by molar-refractivity contribution is 5.75. The molecule has 0 aliphatic heterocycles. The van der Waals surface area contributed by atoms with Crippen LogP contribution >= 0.6 is 0 Å². The predicted molar refractivity (Wildman–Crippen MR) is 62.2 cm³/mol. The van der Waals surface area contributed by atoms with Crippen LogP contribution in [0, 0.1) is 5.92 Å². The van der Waals surface area contributed by atoms with Crippen LogP contribution in [0.4, 0.5) is 0 Å². The minimum absolute atomic E-state index is 0.0958. The van der Waals surface area contributed by atoms with Gasteiger partial charge in [0.15, 0.2) is 0 Å². The van der Waals surface area contributed by atoms with Gasteiger partial charge in [0.1, 0.15) is 6.54 Å². The maximum atomic E-state index is 11.6. The van der Waals surface area contributed by atoms with Crippen molar-refractivity contribution in [2.45, 2.75) is 33.9 Å². The summed E-state index contributed by atoms with van der Waals surface area (Å²) in [6.07, 6.45) is 3.33. The number of hydrogen-bond acceptors (Lipinski definition) is 2. The molecular formula is C11H19N3O2. The molecule has 0 fully saturated rings. The first-order chi connectivity index (χ1) is 7.54. The van der Waals surface area contributed by atoms with Crippen LogP contribution < -0.4 is 11.0 Å². The van der Waals surface area contributed by atoms with E-state index in [1.807, 2.05) is 20.8 Å². The molecule has 0 aliphatic carbocycles. The third kappa shape index (κ3) is 3.25. The van der Waals surface area contributed by atoms with Gasteiger partial charge in [-0.1, -0.05) is 13.8 Å². The zero-order chi connectivity index (χ0) is 12.1. The van der Waals surface area contributed by atoms with Crippen molar-refractivity contribution in [1.29, 1.82) is 0 Å². The summed E-state index contributed by atoms with van der Waals surface area (Å²) in [4.78, 5) is 23.1. The van der Waals surface area contributed by atoms with Crippen molar-refractivity contribution in [1.82, 2.24) is 14.5 Å². The van der Waals surface area contributed by atoms with E-state index in [-0.39, 0.29) is 18.1 Å². The lowest BCUT2D eigenvalue weighted by Gasteiger charge is -2.07. The molecule has 90 valence electrons. The van der Waals surface area contributed by atoms with Gasteiger partial charge in [0.2, 0.25) is 5.91 Å². The molecule has 0 saturated carbocycles. The van der Waals surface area contributed by atoms with Gasteiger partial charge in [-0.15, -0.1) is 0 Å². The lowest BCUT2D eigenvalue weighted by atomic mass is 10.2. The average molecular weight is 225 g/mol. The summed E-state index contributed by atoms with van der Waals surface area (Å²) in [5.41, 5.74) is -0.137. The molecule has 16 heavy (non-hydrogen) atoms. The first kappa shape index (κ1) is 12.5. The number of rotatable bonds is 5. The Labute approximate surface area is 95.1 Å². The minimum Gasteiger partial charge on any atom is -0.354 e. The van der Waals surface area contributed by atoms with Crippen molar-refractivity contribution >= 4 is 5.91 Å². The molecule has 0 bridgehead atoms. The van der Waals surface area contributed by atoms with Crippen LogP contribution in [0.5, 0.6) is 0 Å². The summed E-state index contributed by atoms with van der Waals surface area (Å²) in [6, 6.07) is 0. The number of carbonyl (C=O) groups is 1. The fourth-order valence-electron chi connectivity index (χ4n) is 1.34. The van der Waals surface area contributed by atoms with E-state index in [2.05, 4.69) is 5.32 Å². The smallest absolute Gasteiger partial charge is 0.328 e. The number of aromatic nitrogens is 2. The van der Waals surface area contributed by atoms with E-state index in [9.17, 15) is 9.59 Å². The maximum Gasteiger partial charge on any atom is 0.328 e. The average Bonchev–Trinajstić information content (AvgIpc) is 2.57. The Morgan fingerprint density at radius 2 is 2.00 bits per heavy atom. The Bertz CT molecular complexity index is 404. The molecule has 5 heteroatoms. The lowest BCUT2D eigenvalue weighted by Crippen LogP contribution is -2.34. The second kappa shape index (κ2) is 5.53. The largest absolute Gasteiger partial charge is 0.354 e. The number of nitrogens with one attached hydrogen (secondary N) is 1. The van der Waals surface area contributed by atoms with E-state index in [0.717, 1.165) is 0 Å². The zero-order valence-corrected chi connectivity index (χ0v) is 10.1. The fraction of sp³-hybridized carbons (Fsp3) is 0.636. The number of aryl methyl sites for hydroxylation is 1. The minimum atomic E-state index is -0.137. The highest BCUT2D eigenvalue weighted by atomic mass is 16.2. The van der Waals surface area contributed by atoms with Crippen molar-refractivity contribution in [3.05, 3.63) is 22.9 Å². The summed E-state index contributed by atoms with van der Waals surface area (Å²) in [5.74, 6) is 0.297. The van der Waals surface area contributed by atoms with Gasteiger partial charge in [-0.2, -0.15) is 0 Å². The summed E-state index contributed by atoms with van der Waals surface area (Å²) in [6.45, 7) is 7.31. The van der Waals surface area contributed by atoms with Crippen LogP contribution in [0.2, 0.25) is 0 Å². The van der Waals surface area contributed by atoms with Gasteiger partial charge < -0.3 is 5.32 Å². The van der Waals surface area contributed by atoms with Gasteiger partial charge in [0.25, 0.3) is 0 Å². The molecule has 1 aromatic heterocycles. The SMILES string of the molecule is CCn1ccn(CC(=O)NCC(C)C)c1=O.